The minimum absolute atomic E-state index is 0.0135. The summed E-state index contributed by atoms with van der Waals surface area (Å²) in [6, 6.07) is -1.45. The quantitative estimate of drug-likeness (QED) is 0.184. The molecule has 0 aromatic heterocycles. The van der Waals surface area contributed by atoms with Crippen molar-refractivity contribution in [2.75, 3.05) is 18.8 Å². The molecule has 0 bridgehead atoms. The fraction of sp³-hybridized carbons (Fsp3) is 0.727. The number of thiol groups is 1. The van der Waals surface area contributed by atoms with Crippen LogP contribution in [0.4, 0.5) is 0 Å². The third kappa shape index (κ3) is 8.57. The first-order chi connectivity index (χ1) is 9.04. The van der Waals surface area contributed by atoms with Gasteiger partial charge in [0.25, 0.3) is 0 Å². The lowest BCUT2D eigenvalue weighted by atomic mass is 10.1. The SMILES string of the molecule is NCCCC[C@@H](C=O)NC(=O)[C@@H](N)CNC(=O)CS. The molecule has 0 aliphatic rings. The van der Waals surface area contributed by atoms with E-state index in [1.807, 2.05) is 0 Å². The molecular formula is C11H22N4O3S. The summed E-state index contributed by atoms with van der Waals surface area (Å²) in [7, 11) is 0. The highest BCUT2D eigenvalue weighted by Gasteiger charge is 2.17. The van der Waals surface area contributed by atoms with Crippen molar-refractivity contribution >= 4 is 30.7 Å². The van der Waals surface area contributed by atoms with Crippen LogP contribution in [0.3, 0.4) is 0 Å². The number of nitrogens with one attached hydrogen (secondary N) is 2. The van der Waals surface area contributed by atoms with Crippen molar-refractivity contribution in [3.63, 3.8) is 0 Å². The largest absolute Gasteiger partial charge is 0.353 e. The van der Waals surface area contributed by atoms with Gasteiger partial charge in [0.2, 0.25) is 11.8 Å². The molecule has 0 heterocycles. The molecule has 0 aliphatic heterocycles. The van der Waals surface area contributed by atoms with Gasteiger partial charge in [-0.2, -0.15) is 12.6 Å². The summed E-state index contributed by atoms with van der Waals surface area (Å²) in [6.45, 7) is 0.564. The standard InChI is InChI=1S/C11H22N4O3S/c12-4-2-1-3-8(6-16)15-11(18)9(13)5-14-10(17)7-19/h6,8-9,19H,1-5,7,12-13H2,(H,14,17)(H,15,18)/t8-,9-/m0/s1. The van der Waals surface area contributed by atoms with E-state index in [0.717, 1.165) is 12.8 Å². The first-order valence-corrected chi connectivity index (χ1v) is 6.77. The summed E-state index contributed by atoms with van der Waals surface area (Å²) in [5.74, 6) is -0.740. The second-order valence-electron chi connectivity index (χ2n) is 4.10. The molecule has 0 spiro atoms. The van der Waals surface area contributed by atoms with Gasteiger partial charge in [-0.3, -0.25) is 9.59 Å². The predicted molar refractivity (Wildman–Crippen MR) is 75.7 cm³/mol. The molecule has 0 rings (SSSR count). The lowest BCUT2D eigenvalue weighted by Crippen LogP contribution is -2.51. The highest BCUT2D eigenvalue weighted by atomic mass is 32.1. The van der Waals surface area contributed by atoms with Crippen LogP contribution in [0.2, 0.25) is 0 Å². The topological polar surface area (TPSA) is 127 Å². The molecule has 2 amide bonds. The van der Waals surface area contributed by atoms with E-state index in [2.05, 4.69) is 23.3 Å². The van der Waals surface area contributed by atoms with Crippen LogP contribution >= 0.6 is 12.6 Å². The second kappa shape index (κ2) is 10.8. The molecule has 2 atom stereocenters. The number of rotatable bonds is 10. The minimum atomic E-state index is -0.888. The number of hydrogen-bond acceptors (Lipinski definition) is 6. The first kappa shape index (κ1) is 17.9. The number of carbonyl (C=O) groups excluding carboxylic acids is 3. The Labute approximate surface area is 118 Å². The van der Waals surface area contributed by atoms with E-state index in [1.165, 1.54) is 0 Å². The maximum Gasteiger partial charge on any atom is 0.239 e. The first-order valence-electron chi connectivity index (χ1n) is 6.14. The van der Waals surface area contributed by atoms with Crippen LogP contribution in [-0.2, 0) is 14.4 Å². The summed E-state index contributed by atoms with van der Waals surface area (Å²) in [5.41, 5.74) is 10.9. The Morgan fingerprint density at radius 2 is 2.00 bits per heavy atom. The third-order valence-corrected chi connectivity index (χ3v) is 2.75. The van der Waals surface area contributed by atoms with Crippen molar-refractivity contribution in [1.82, 2.24) is 10.6 Å². The molecule has 0 aliphatic carbocycles. The average Bonchev–Trinajstić information content (AvgIpc) is 2.42. The van der Waals surface area contributed by atoms with E-state index in [9.17, 15) is 14.4 Å². The van der Waals surface area contributed by atoms with E-state index < -0.39 is 18.0 Å². The van der Waals surface area contributed by atoms with Crippen LogP contribution in [0.5, 0.6) is 0 Å². The van der Waals surface area contributed by atoms with Crippen molar-refractivity contribution in [3.8, 4) is 0 Å². The molecule has 0 unspecified atom stereocenters. The molecule has 0 aromatic carbocycles. The third-order valence-electron chi connectivity index (χ3n) is 2.46. The number of carbonyl (C=O) groups is 3. The average molecular weight is 290 g/mol. The molecule has 0 radical (unpaired) electrons. The fourth-order valence-electron chi connectivity index (χ4n) is 1.34. The van der Waals surface area contributed by atoms with Crippen molar-refractivity contribution in [2.24, 2.45) is 11.5 Å². The Morgan fingerprint density at radius 1 is 1.32 bits per heavy atom. The molecule has 0 saturated heterocycles. The van der Waals surface area contributed by atoms with Gasteiger partial charge in [-0.1, -0.05) is 0 Å². The maximum atomic E-state index is 11.7. The van der Waals surface area contributed by atoms with Gasteiger partial charge in [0.15, 0.2) is 0 Å². The predicted octanol–water partition coefficient (Wildman–Crippen LogP) is -1.83. The molecule has 0 fully saturated rings. The zero-order chi connectivity index (χ0) is 14.7. The van der Waals surface area contributed by atoms with Crippen LogP contribution in [0.15, 0.2) is 0 Å². The van der Waals surface area contributed by atoms with Crippen molar-refractivity contribution < 1.29 is 14.4 Å². The van der Waals surface area contributed by atoms with Crippen LogP contribution in [0.1, 0.15) is 19.3 Å². The molecule has 6 N–H and O–H groups in total. The second-order valence-corrected chi connectivity index (χ2v) is 4.42. The summed E-state index contributed by atoms with van der Waals surface area (Å²) < 4.78 is 0. The monoisotopic (exact) mass is 290 g/mol. The van der Waals surface area contributed by atoms with Gasteiger partial charge in [-0.15, -0.1) is 0 Å². The number of nitrogens with two attached hydrogens (primary N) is 2. The van der Waals surface area contributed by atoms with Crippen molar-refractivity contribution in [2.45, 2.75) is 31.3 Å². The molecular weight excluding hydrogens is 268 g/mol. The van der Waals surface area contributed by atoms with Crippen LogP contribution in [-0.4, -0.2) is 49.0 Å². The van der Waals surface area contributed by atoms with Gasteiger partial charge in [0.05, 0.1) is 11.8 Å². The zero-order valence-electron chi connectivity index (χ0n) is 10.8. The van der Waals surface area contributed by atoms with Crippen LogP contribution < -0.4 is 22.1 Å². The lowest BCUT2D eigenvalue weighted by molar-refractivity contribution is -0.125. The van der Waals surface area contributed by atoms with Crippen molar-refractivity contribution in [3.05, 3.63) is 0 Å². The summed E-state index contributed by atoms with van der Waals surface area (Å²) in [5, 5.41) is 4.97. The summed E-state index contributed by atoms with van der Waals surface area (Å²) in [6.07, 6.45) is 2.76. The van der Waals surface area contributed by atoms with E-state index in [0.29, 0.717) is 19.3 Å². The Balaban J connectivity index is 4.02. The summed E-state index contributed by atoms with van der Waals surface area (Å²) >= 11 is 3.78. The summed E-state index contributed by atoms with van der Waals surface area (Å²) in [4.78, 5) is 33.4. The number of amides is 2. The van der Waals surface area contributed by atoms with Gasteiger partial charge < -0.3 is 26.9 Å². The Bertz CT molecular complexity index is 302. The van der Waals surface area contributed by atoms with E-state index in [1.54, 1.807) is 0 Å². The van der Waals surface area contributed by atoms with E-state index in [4.69, 9.17) is 11.5 Å². The highest BCUT2D eigenvalue weighted by molar-refractivity contribution is 7.81. The van der Waals surface area contributed by atoms with Gasteiger partial charge in [-0.25, -0.2) is 0 Å². The Morgan fingerprint density at radius 3 is 2.53 bits per heavy atom. The van der Waals surface area contributed by atoms with E-state index >= 15 is 0 Å². The minimum Gasteiger partial charge on any atom is -0.353 e. The molecule has 7 nitrogen and oxygen atoms in total. The van der Waals surface area contributed by atoms with Gasteiger partial charge in [0.1, 0.15) is 12.3 Å². The molecule has 110 valence electrons. The number of aldehydes is 1. The van der Waals surface area contributed by atoms with Gasteiger partial charge in [-0.05, 0) is 25.8 Å². The number of hydrogen-bond donors (Lipinski definition) is 5. The lowest BCUT2D eigenvalue weighted by Gasteiger charge is -2.16. The normalized spacial score (nSPS) is 13.4. The van der Waals surface area contributed by atoms with Crippen molar-refractivity contribution in [1.29, 1.82) is 0 Å². The zero-order valence-corrected chi connectivity index (χ0v) is 11.7. The Hall–Kier alpha value is -1.12. The van der Waals surface area contributed by atoms with Crippen LogP contribution in [0, 0.1) is 0 Å². The fourth-order valence-corrected chi connectivity index (χ4v) is 1.46. The molecule has 19 heavy (non-hydrogen) atoms. The molecule has 8 heteroatoms. The Kier molecular flexibility index (Phi) is 10.1. The highest BCUT2D eigenvalue weighted by Crippen LogP contribution is 1.98. The molecule has 0 aromatic rings. The number of unbranched alkanes of at least 4 members (excludes halogenated alkanes) is 1. The smallest absolute Gasteiger partial charge is 0.239 e. The molecule has 0 saturated carbocycles. The van der Waals surface area contributed by atoms with Gasteiger partial charge >= 0.3 is 0 Å². The maximum absolute atomic E-state index is 11.7. The van der Waals surface area contributed by atoms with Gasteiger partial charge in [0, 0.05) is 6.54 Å². The van der Waals surface area contributed by atoms with E-state index in [-0.39, 0.29) is 18.2 Å². The van der Waals surface area contributed by atoms with Crippen LogP contribution in [0.25, 0.3) is 0 Å².